The minimum absolute atomic E-state index is 0.520. The van der Waals surface area contributed by atoms with E-state index < -0.39 is 0 Å². The molecule has 27 heavy (non-hydrogen) atoms. The van der Waals surface area contributed by atoms with E-state index in [0.717, 1.165) is 62.9 Å². The van der Waals surface area contributed by atoms with Gasteiger partial charge >= 0.3 is 0 Å². The number of ether oxygens (including phenoxy) is 1. The zero-order chi connectivity index (χ0) is 18.5. The van der Waals surface area contributed by atoms with Crippen LogP contribution in [0.3, 0.4) is 0 Å². The predicted octanol–water partition coefficient (Wildman–Crippen LogP) is 2.22. The van der Waals surface area contributed by atoms with Crippen LogP contribution in [-0.2, 0) is 17.8 Å². The molecule has 3 aromatic rings. The first-order valence-corrected chi connectivity index (χ1v) is 9.53. The van der Waals surface area contributed by atoms with Crippen molar-refractivity contribution in [1.82, 2.24) is 29.5 Å². The minimum Gasteiger partial charge on any atom is -0.378 e. The Morgan fingerprint density at radius 2 is 2.00 bits per heavy atom. The van der Waals surface area contributed by atoms with Gasteiger partial charge in [-0.05, 0) is 18.6 Å². The highest BCUT2D eigenvalue weighted by Gasteiger charge is 2.20. The third kappa shape index (κ3) is 4.00. The molecule has 0 amide bonds. The van der Waals surface area contributed by atoms with Crippen LogP contribution in [0, 0.1) is 0 Å². The van der Waals surface area contributed by atoms with Crippen molar-refractivity contribution in [1.29, 1.82) is 0 Å². The van der Waals surface area contributed by atoms with Gasteiger partial charge in [-0.1, -0.05) is 25.5 Å². The number of hydrogen-bond acceptors (Lipinski definition) is 6. The zero-order valence-electron chi connectivity index (χ0n) is 15.7. The summed E-state index contributed by atoms with van der Waals surface area (Å²) in [6.07, 6.45) is 5.40. The van der Waals surface area contributed by atoms with E-state index in [1.807, 2.05) is 4.68 Å². The number of unbranched alkanes of at least 4 members (excludes halogenated alkanes) is 1. The van der Waals surface area contributed by atoms with E-state index >= 15 is 0 Å². The molecule has 0 spiro atoms. The van der Waals surface area contributed by atoms with E-state index in [-0.39, 0.29) is 0 Å². The van der Waals surface area contributed by atoms with Gasteiger partial charge in [0.25, 0.3) is 0 Å². The molecule has 0 atom stereocenters. The largest absolute Gasteiger partial charge is 0.378 e. The van der Waals surface area contributed by atoms with Crippen LogP contribution in [0.1, 0.15) is 25.6 Å². The number of benzene rings is 1. The molecule has 0 aliphatic carbocycles. The first-order chi connectivity index (χ1) is 13.3. The van der Waals surface area contributed by atoms with Gasteiger partial charge in [0.05, 0.1) is 13.2 Å². The van der Waals surface area contributed by atoms with Crippen LogP contribution < -0.4 is 4.90 Å². The van der Waals surface area contributed by atoms with Crippen LogP contribution in [0.4, 0.5) is 5.69 Å². The number of hydrogen-bond donors (Lipinski definition) is 0. The molecule has 1 aliphatic heterocycles. The molecule has 0 unspecified atom stereocenters. The minimum atomic E-state index is 0.520. The fourth-order valence-corrected chi connectivity index (χ4v) is 3.32. The van der Waals surface area contributed by atoms with E-state index in [0.29, 0.717) is 6.54 Å². The van der Waals surface area contributed by atoms with Gasteiger partial charge in [-0.2, -0.15) is 10.2 Å². The van der Waals surface area contributed by atoms with E-state index in [2.05, 4.69) is 46.2 Å². The van der Waals surface area contributed by atoms with Gasteiger partial charge in [0, 0.05) is 30.9 Å². The number of aryl methyl sites for hydroxylation is 1. The fourth-order valence-electron chi connectivity index (χ4n) is 3.32. The molecule has 0 radical (unpaired) electrons. The van der Waals surface area contributed by atoms with Crippen molar-refractivity contribution >= 4 is 5.69 Å². The van der Waals surface area contributed by atoms with Gasteiger partial charge in [-0.15, -0.1) is 0 Å². The Labute approximate surface area is 158 Å². The van der Waals surface area contributed by atoms with E-state index in [1.165, 1.54) is 12.0 Å². The normalized spacial score (nSPS) is 14.6. The average Bonchev–Trinajstić information content (AvgIpc) is 3.37. The van der Waals surface area contributed by atoms with Crippen LogP contribution in [0.5, 0.6) is 0 Å². The molecule has 0 N–H and O–H groups in total. The molecule has 0 bridgehead atoms. The van der Waals surface area contributed by atoms with Gasteiger partial charge in [-0.3, -0.25) is 0 Å². The summed E-state index contributed by atoms with van der Waals surface area (Å²) in [5.74, 6) is 1.67. The Kier molecular flexibility index (Phi) is 5.43. The molecule has 1 saturated heterocycles. The molecule has 142 valence electrons. The summed E-state index contributed by atoms with van der Waals surface area (Å²) in [6, 6.07) is 8.44. The van der Waals surface area contributed by atoms with Crippen LogP contribution >= 0.6 is 0 Å². The average molecular weight is 367 g/mol. The second kappa shape index (κ2) is 8.30. The lowest BCUT2D eigenvalue weighted by molar-refractivity contribution is 0.123. The molecule has 0 saturated carbocycles. The smallest absolute Gasteiger partial charge is 0.172 e. The second-order valence-electron chi connectivity index (χ2n) is 6.64. The number of morpholine rings is 1. The van der Waals surface area contributed by atoms with Crippen LogP contribution in [0.15, 0.2) is 36.9 Å². The highest BCUT2D eigenvalue weighted by molar-refractivity contribution is 5.74. The molecule has 2 aromatic heterocycles. The molecule has 8 heteroatoms. The quantitative estimate of drug-likeness (QED) is 0.637. The summed E-state index contributed by atoms with van der Waals surface area (Å²) < 4.78 is 9.30. The van der Waals surface area contributed by atoms with E-state index in [1.54, 1.807) is 11.0 Å². The Balaban J connectivity index is 1.70. The summed E-state index contributed by atoms with van der Waals surface area (Å²) >= 11 is 0. The van der Waals surface area contributed by atoms with Crippen molar-refractivity contribution in [3.63, 3.8) is 0 Å². The SMILES string of the molecule is CCCCn1nc(Cn2cncn2)nc1-c1ccccc1N1CCOCC1. The maximum absolute atomic E-state index is 5.52. The molecular formula is C19H25N7O. The fraction of sp³-hybridized carbons (Fsp3) is 0.474. The molecule has 1 fully saturated rings. The van der Waals surface area contributed by atoms with Crippen molar-refractivity contribution in [3.8, 4) is 11.4 Å². The summed E-state index contributed by atoms with van der Waals surface area (Å²) in [6.45, 7) is 6.87. The Hall–Kier alpha value is -2.74. The lowest BCUT2D eigenvalue weighted by Crippen LogP contribution is -2.36. The first-order valence-electron chi connectivity index (χ1n) is 9.53. The molecule has 8 nitrogen and oxygen atoms in total. The van der Waals surface area contributed by atoms with Crippen molar-refractivity contribution in [2.75, 3.05) is 31.2 Å². The Bertz CT molecular complexity index is 853. The summed E-state index contributed by atoms with van der Waals surface area (Å²) in [5.41, 5.74) is 2.31. The van der Waals surface area contributed by atoms with Gasteiger partial charge in [0.1, 0.15) is 19.2 Å². The summed E-state index contributed by atoms with van der Waals surface area (Å²) in [4.78, 5) is 11.2. The van der Waals surface area contributed by atoms with Crippen LogP contribution in [0.25, 0.3) is 11.4 Å². The topological polar surface area (TPSA) is 73.9 Å². The highest BCUT2D eigenvalue weighted by Crippen LogP contribution is 2.30. The van der Waals surface area contributed by atoms with E-state index in [9.17, 15) is 0 Å². The highest BCUT2D eigenvalue weighted by atomic mass is 16.5. The van der Waals surface area contributed by atoms with Gasteiger partial charge < -0.3 is 9.64 Å². The second-order valence-corrected chi connectivity index (χ2v) is 6.64. The maximum atomic E-state index is 5.52. The molecule has 1 aliphatic rings. The predicted molar refractivity (Wildman–Crippen MR) is 103 cm³/mol. The number of aromatic nitrogens is 6. The van der Waals surface area contributed by atoms with Crippen molar-refractivity contribution in [2.24, 2.45) is 0 Å². The number of anilines is 1. The summed E-state index contributed by atoms with van der Waals surface area (Å²) in [5, 5.41) is 8.93. The number of rotatable bonds is 7. The van der Waals surface area contributed by atoms with E-state index in [4.69, 9.17) is 14.8 Å². The van der Waals surface area contributed by atoms with Crippen LogP contribution in [-0.4, -0.2) is 55.8 Å². The number of para-hydroxylation sites is 1. The van der Waals surface area contributed by atoms with Gasteiger partial charge in [0.2, 0.25) is 0 Å². The number of nitrogens with zero attached hydrogens (tertiary/aromatic N) is 7. The van der Waals surface area contributed by atoms with Crippen molar-refractivity contribution in [3.05, 3.63) is 42.7 Å². The maximum Gasteiger partial charge on any atom is 0.172 e. The third-order valence-electron chi connectivity index (χ3n) is 4.71. The lowest BCUT2D eigenvalue weighted by atomic mass is 10.1. The Morgan fingerprint density at radius 1 is 1.15 bits per heavy atom. The Morgan fingerprint density at radius 3 is 2.78 bits per heavy atom. The third-order valence-corrected chi connectivity index (χ3v) is 4.71. The van der Waals surface area contributed by atoms with Crippen LogP contribution in [0.2, 0.25) is 0 Å². The van der Waals surface area contributed by atoms with Crippen molar-refractivity contribution in [2.45, 2.75) is 32.9 Å². The molecular weight excluding hydrogens is 342 g/mol. The molecule has 3 heterocycles. The first kappa shape index (κ1) is 17.7. The molecule has 4 rings (SSSR count). The zero-order valence-corrected chi connectivity index (χ0v) is 15.7. The van der Waals surface area contributed by atoms with Crippen molar-refractivity contribution < 1.29 is 4.74 Å². The lowest BCUT2D eigenvalue weighted by Gasteiger charge is -2.30. The van der Waals surface area contributed by atoms with Gasteiger partial charge in [0.15, 0.2) is 11.6 Å². The standard InChI is InChI=1S/C19H25N7O/c1-2-3-8-26-19(22-18(23-26)13-25-15-20-14-21-25)16-6-4-5-7-17(16)24-9-11-27-12-10-24/h4-7,14-15H,2-3,8-13H2,1H3. The van der Waals surface area contributed by atoms with Gasteiger partial charge in [-0.25, -0.2) is 19.3 Å². The molecule has 1 aromatic carbocycles. The monoisotopic (exact) mass is 367 g/mol. The summed E-state index contributed by atoms with van der Waals surface area (Å²) in [7, 11) is 0.